The summed E-state index contributed by atoms with van der Waals surface area (Å²) >= 11 is 0. The molecule has 90 valence electrons. The van der Waals surface area contributed by atoms with Gasteiger partial charge in [0.25, 0.3) is 0 Å². The van der Waals surface area contributed by atoms with Crippen LogP contribution in [0.25, 0.3) is 11.3 Å². The van der Waals surface area contributed by atoms with Gasteiger partial charge in [0.1, 0.15) is 0 Å². The topological polar surface area (TPSA) is 71.5 Å². The predicted molar refractivity (Wildman–Crippen MR) is 67.6 cm³/mol. The van der Waals surface area contributed by atoms with E-state index in [1.54, 1.807) is 18.3 Å². The van der Waals surface area contributed by atoms with E-state index in [0.29, 0.717) is 11.9 Å². The summed E-state index contributed by atoms with van der Waals surface area (Å²) < 4.78 is 4.64. The Bertz CT molecular complexity index is 504. The molecule has 1 amide bonds. The zero-order valence-corrected chi connectivity index (χ0v) is 9.48. The summed E-state index contributed by atoms with van der Waals surface area (Å²) in [6.45, 7) is 0. The van der Waals surface area contributed by atoms with Gasteiger partial charge in [-0.1, -0.05) is 30.3 Å². The molecule has 0 spiro atoms. The second-order valence-corrected chi connectivity index (χ2v) is 3.54. The van der Waals surface area contributed by atoms with Crippen molar-refractivity contribution in [2.45, 2.75) is 0 Å². The largest absolute Gasteiger partial charge is 0.514 e. The van der Waals surface area contributed by atoms with Gasteiger partial charge in [0.05, 0.1) is 5.69 Å². The van der Waals surface area contributed by atoms with Gasteiger partial charge in [0, 0.05) is 11.8 Å². The Morgan fingerprint density at radius 1 is 1.22 bits per heavy atom. The minimum absolute atomic E-state index is 0.353. The van der Waals surface area contributed by atoms with Gasteiger partial charge in [-0.25, -0.2) is 0 Å². The standard InChI is InChI=1S/C12H11BN2O3/c16-9-15-18-13(17)11-6-4-10(5-7-11)12-3-1-2-8-14-12/h1-9,17H,(H,15,16). The Kier molecular flexibility index (Phi) is 4.06. The highest BCUT2D eigenvalue weighted by atomic mass is 16.7. The van der Waals surface area contributed by atoms with Crippen LogP contribution in [0.5, 0.6) is 0 Å². The maximum absolute atomic E-state index is 10.0. The minimum atomic E-state index is -1.19. The Balaban J connectivity index is 2.13. The predicted octanol–water partition coefficient (Wildman–Crippen LogP) is 0.114. The van der Waals surface area contributed by atoms with E-state index in [1.807, 2.05) is 35.8 Å². The van der Waals surface area contributed by atoms with E-state index in [4.69, 9.17) is 0 Å². The van der Waals surface area contributed by atoms with Crippen molar-refractivity contribution < 1.29 is 14.6 Å². The van der Waals surface area contributed by atoms with E-state index >= 15 is 0 Å². The second kappa shape index (κ2) is 5.95. The lowest BCUT2D eigenvalue weighted by Crippen LogP contribution is -2.38. The second-order valence-electron chi connectivity index (χ2n) is 3.54. The van der Waals surface area contributed by atoms with Gasteiger partial charge in [-0.05, 0) is 17.6 Å². The highest BCUT2D eigenvalue weighted by molar-refractivity contribution is 6.59. The number of carbonyl (C=O) groups is 1. The van der Waals surface area contributed by atoms with Gasteiger partial charge in [-0.2, -0.15) is 0 Å². The highest BCUT2D eigenvalue weighted by Gasteiger charge is 2.16. The monoisotopic (exact) mass is 242 g/mol. The lowest BCUT2D eigenvalue weighted by molar-refractivity contribution is -0.115. The molecule has 2 aromatic rings. The SMILES string of the molecule is O=CNOB(O)c1ccc(-c2ccccn2)cc1. The van der Waals surface area contributed by atoms with Crippen molar-refractivity contribution in [3.05, 3.63) is 48.7 Å². The fraction of sp³-hybridized carbons (Fsp3) is 0. The molecule has 6 heteroatoms. The summed E-state index contributed by atoms with van der Waals surface area (Å²) in [7, 11) is -1.19. The summed E-state index contributed by atoms with van der Waals surface area (Å²) in [6.07, 6.45) is 2.07. The number of hydroxylamine groups is 1. The van der Waals surface area contributed by atoms with Crippen molar-refractivity contribution in [1.29, 1.82) is 0 Å². The number of nitrogens with zero attached hydrogens (tertiary/aromatic N) is 1. The zero-order valence-electron chi connectivity index (χ0n) is 9.48. The van der Waals surface area contributed by atoms with E-state index < -0.39 is 7.12 Å². The van der Waals surface area contributed by atoms with Crippen LogP contribution in [0.1, 0.15) is 0 Å². The summed E-state index contributed by atoms with van der Waals surface area (Å²) in [5.41, 5.74) is 4.29. The third kappa shape index (κ3) is 2.94. The molecule has 0 bridgehead atoms. The molecule has 1 aromatic carbocycles. The van der Waals surface area contributed by atoms with Crippen molar-refractivity contribution in [3.63, 3.8) is 0 Å². The molecular weight excluding hydrogens is 231 g/mol. The molecule has 0 unspecified atom stereocenters. The Hall–Kier alpha value is -2.18. The van der Waals surface area contributed by atoms with E-state index in [-0.39, 0.29) is 0 Å². The first-order valence-corrected chi connectivity index (χ1v) is 5.35. The lowest BCUT2D eigenvalue weighted by Gasteiger charge is -2.06. The first kappa shape index (κ1) is 12.3. The minimum Gasteiger partial charge on any atom is -0.422 e. The fourth-order valence-corrected chi connectivity index (χ4v) is 1.51. The number of aromatic nitrogens is 1. The molecule has 0 atom stereocenters. The molecule has 2 rings (SSSR count). The summed E-state index contributed by atoms with van der Waals surface area (Å²) in [4.78, 5) is 14.2. The lowest BCUT2D eigenvalue weighted by atomic mass is 9.79. The molecule has 0 aliphatic heterocycles. The molecule has 18 heavy (non-hydrogen) atoms. The maximum Gasteiger partial charge on any atom is 0.514 e. The van der Waals surface area contributed by atoms with Gasteiger partial charge in [-0.15, -0.1) is 0 Å². The molecule has 0 fully saturated rings. The first-order valence-electron chi connectivity index (χ1n) is 5.35. The van der Waals surface area contributed by atoms with Crippen LogP contribution in [0.15, 0.2) is 48.7 Å². The average molecular weight is 242 g/mol. The molecule has 1 heterocycles. The third-order valence-electron chi connectivity index (χ3n) is 2.38. The number of nitrogens with one attached hydrogen (secondary N) is 1. The molecule has 0 saturated heterocycles. The van der Waals surface area contributed by atoms with Gasteiger partial charge in [-0.3, -0.25) is 20.0 Å². The van der Waals surface area contributed by atoms with Crippen molar-refractivity contribution in [3.8, 4) is 11.3 Å². The number of pyridine rings is 1. The molecule has 0 radical (unpaired) electrons. The number of carbonyl (C=O) groups excluding carboxylic acids is 1. The molecule has 0 saturated carbocycles. The zero-order chi connectivity index (χ0) is 12.8. The van der Waals surface area contributed by atoms with Gasteiger partial charge in [0.2, 0.25) is 6.41 Å². The molecule has 2 N–H and O–H groups in total. The first-order chi connectivity index (χ1) is 8.81. The van der Waals surface area contributed by atoms with Crippen LogP contribution in [0.3, 0.4) is 0 Å². The van der Waals surface area contributed by atoms with E-state index in [1.165, 1.54) is 0 Å². The summed E-state index contributed by atoms with van der Waals surface area (Å²) in [6, 6.07) is 12.7. The van der Waals surface area contributed by atoms with Gasteiger partial charge < -0.3 is 5.02 Å². The normalized spacial score (nSPS) is 9.83. The number of amides is 1. The highest BCUT2D eigenvalue weighted by Crippen LogP contribution is 2.14. The van der Waals surface area contributed by atoms with Gasteiger partial charge in [0.15, 0.2) is 0 Å². The van der Waals surface area contributed by atoms with Crippen molar-refractivity contribution in [1.82, 2.24) is 10.5 Å². The van der Waals surface area contributed by atoms with Crippen molar-refractivity contribution in [2.75, 3.05) is 0 Å². The van der Waals surface area contributed by atoms with Crippen molar-refractivity contribution >= 4 is 19.0 Å². The van der Waals surface area contributed by atoms with E-state index in [0.717, 1.165) is 11.3 Å². The van der Waals surface area contributed by atoms with Gasteiger partial charge >= 0.3 is 7.12 Å². The number of rotatable bonds is 5. The third-order valence-corrected chi connectivity index (χ3v) is 2.38. The maximum atomic E-state index is 10.0. The van der Waals surface area contributed by atoms with E-state index in [9.17, 15) is 9.82 Å². The number of benzene rings is 1. The smallest absolute Gasteiger partial charge is 0.422 e. The molecule has 5 nitrogen and oxygen atoms in total. The Morgan fingerprint density at radius 2 is 2.00 bits per heavy atom. The van der Waals surface area contributed by atoms with Crippen LogP contribution in [-0.2, 0) is 9.55 Å². The molecule has 0 aliphatic carbocycles. The van der Waals surface area contributed by atoms with Crippen LogP contribution >= 0.6 is 0 Å². The summed E-state index contributed by atoms with van der Waals surface area (Å²) in [5.74, 6) is 0. The quantitative estimate of drug-likeness (QED) is 0.443. The number of hydrogen-bond acceptors (Lipinski definition) is 4. The van der Waals surface area contributed by atoms with Crippen LogP contribution in [0, 0.1) is 0 Å². The molecular formula is C12H11BN2O3. The summed E-state index contributed by atoms with van der Waals surface area (Å²) in [5, 5.41) is 9.55. The average Bonchev–Trinajstić information content (AvgIpc) is 2.46. The Labute approximate surface area is 105 Å². The van der Waals surface area contributed by atoms with Crippen molar-refractivity contribution in [2.24, 2.45) is 0 Å². The fourth-order valence-electron chi connectivity index (χ4n) is 1.51. The molecule has 1 aromatic heterocycles. The van der Waals surface area contributed by atoms with Crippen LogP contribution in [-0.4, -0.2) is 23.5 Å². The van der Waals surface area contributed by atoms with E-state index in [2.05, 4.69) is 9.74 Å². The number of hydrogen-bond donors (Lipinski definition) is 2. The van der Waals surface area contributed by atoms with Crippen LogP contribution in [0.4, 0.5) is 0 Å². The molecule has 0 aliphatic rings. The Morgan fingerprint density at radius 3 is 2.61 bits per heavy atom. The van der Waals surface area contributed by atoms with Crippen LogP contribution < -0.4 is 10.9 Å². The van der Waals surface area contributed by atoms with Crippen LogP contribution in [0.2, 0.25) is 0 Å².